The molecule has 0 saturated carbocycles. The van der Waals surface area contributed by atoms with Crippen LogP contribution < -0.4 is 0 Å². The summed E-state index contributed by atoms with van der Waals surface area (Å²) in [6.45, 7) is 0. The van der Waals surface area contributed by atoms with Crippen molar-refractivity contribution in [1.29, 1.82) is 5.26 Å². The van der Waals surface area contributed by atoms with E-state index in [4.69, 9.17) is 19.4 Å². The Morgan fingerprint density at radius 3 is 1.65 bits per heavy atom. The molecule has 0 aliphatic rings. The summed E-state index contributed by atoms with van der Waals surface area (Å²) in [5, 5.41) is 19.6. The number of para-hydroxylation sites is 5. The molecule has 0 saturated heterocycles. The first-order valence-electron chi connectivity index (χ1n) is 21.9. The third-order valence-electron chi connectivity index (χ3n) is 13.1. The van der Waals surface area contributed by atoms with Crippen molar-refractivity contribution in [1.82, 2.24) is 28.7 Å². The van der Waals surface area contributed by atoms with E-state index in [1.165, 1.54) is 5.39 Å². The number of nitrogens with zero attached hydrogens (tertiary/aromatic N) is 7. The molecule has 5 aromatic heterocycles. The molecule has 0 spiro atoms. The highest BCUT2D eigenvalue weighted by atomic mass is 16.3. The van der Waals surface area contributed by atoms with Crippen LogP contribution >= 0.6 is 0 Å². The van der Waals surface area contributed by atoms with E-state index in [1.54, 1.807) is 0 Å². The average Bonchev–Trinajstić information content (AvgIpc) is 4.12. The van der Waals surface area contributed by atoms with E-state index in [9.17, 15) is 5.26 Å². The van der Waals surface area contributed by atoms with Crippen LogP contribution in [0.5, 0.6) is 0 Å². The van der Waals surface area contributed by atoms with Gasteiger partial charge in [-0.25, -0.2) is 4.98 Å². The van der Waals surface area contributed by atoms with Gasteiger partial charge in [-0.05, 0) is 78.9 Å². The number of rotatable bonds is 5. The lowest BCUT2D eigenvalue weighted by Crippen LogP contribution is -2.06. The van der Waals surface area contributed by atoms with Crippen molar-refractivity contribution in [2.24, 2.45) is 0 Å². The first kappa shape index (κ1) is 36.2. The average molecular weight is 844 g/mol. The van der Waals surface area contributed by atoms with E-state index in [1.807, 2.05) is 66.7 Å². The van der Waals surface area contributed by atoms with Crippen LogP contribution in [0.2, 0.25) is 0 Å². The standard InChI is InChI=1S/C58H33N7O/c59-34-37-31-36(57-60-56(35-15-3-1-4-16-35)61-58(62-57)65-48-24-12-7-19-39(48)40-20-8-13-25-49(40)65)27-29-46(37)64-50-26-14-10-22-43(50)54-51(64)30-28-42-45-32-52-44(33-53(45)66-55(42)54)41-21-9-11-23-47(41)63(52)38-17-5-2-6-18-38/h1-33H. The molecule has 0 unspecified atom stereocenters. The highest BCUT2D eigenvalue weighted by Crippen LogP contribution is 2.44. The normalized spacial score (nSPS) is 11.9. The fraction of sp³-hybridized carbons (Fsp3) is 0. The van der Waals surface area contributed by atoms with Crippen LogP contribution in [0.25, 0.3) is 127 Å². The minimum absolute atomic E-state index is 0.468. The van der Waals surface area contributed by atoms with Crippen LogP contribution in [-0.4, -0.2) is 28.7 Å². The molecule has 0 amide bonds. The Labute approximate surface area is 376 Å². The van der Waals surface area contributed by atoms with E-state index in [-0.39, 0.29) is 0 Å². The molecule has 9 aromatic carbocycles. The molecule has 14 rings (SSSR count). The number of nitriles is 1. The van der Waals surface area contributed by atoms with E-state index in [0.717, 1.165) is 98.9 Å². The summed E-state index contributed by atoms with van der Waals surface area (Å²) in [7, 11) is 0. The van der Waals surface area contributed by atoms with Crippen LogP contribution in [0.15, 0.2) is 205 Å². The maximum absolute atomic E-state index is 11.0. The van der Waals surface area contributed by atoms with Crippen molar-refractivity contribution in [2.75, 3.05) is 0 Å². The molecule has 5 heterocycles. The fourth-order valence-electron chi connectivity index (χ4n) is 10.3. The topological polar surface area (TPSA) is 90.4 Å². The molecule has 8 heteroatoms. The Morgan fingerprint density at radius 1 is 0.394 bits per heavy atom. The summed E-state index contributed by atoms with van der Waals surface area (Å²) in [6, 6.07) is 71.3. The smallest absolute Gasteiger partial charge is 0.238 e. The Morgan fingerprint density at radius 2 is 0.970 bits per heavy atom. The highest BCUT2D eigenvalue weighted by Gasteiger charge is 2.23. The number of fused-ring (bicyclic) bond motifs is 13. The molecular formula is C58H33N7O. The molecule has 0 atom stereocenters. The second kappa shape index (κ2) is 13.8. The summed E-state index contributed by atoms with van der Waals surface area (Å²) < 4.78 is 13.6. The van der Waals surface area contributed by atoms with Crippen LogP contribution in [0.1, 0.15) is 5.56 Å². The van der Waals surface area contributed by atoms with Gasteiger partial charge in [0, 0.05) is 54.5 Å². The molecule has 0 aliphatic heterocycles. The van der Waals surface area contributed by atoms with Crippen LogP contribution in [0.3, 0.4) is 0 Å². The number of furan rings is 1. The third-order valence-corrected chi connectivity index (χ3v) is 13.1. The highest BCUT2D eigenvalue weighted by molar-refractivity contribution is 6.26. The zero-order valence-corrected chi connectivity index (χ0v) is 35.1. The molecule has 0 bridgehead atoms. The van der Waals surface area contributed by atoms with Gasteiger partial charge in [0.05, 0.1) is 49.7 Å². The quantitative estimate of drug-likeness (QED) is 0.172. The van der Waals surface area contributed by atoms with Crippen LogP contribution in [0.4, 0.5) is 0 Å². The Bertz CT molecular complexity index is 4310. The monoisotopic (exact) mass is 843 g/mol. The van der Waals surface area contributed by atoms with Crippen molar-refractivity contribution < 1.29 is 4.42 Å². The summed E-state index contributed by atoms with van der Waals surface area (Å²) in [5.74, 6) is 1.51. The molecule has 306 valence electrons. The largest absolute Gasteiger partial charge is 0.455 e. The minimum Gasteiger partial charge on any atom is -0.455 e. The minimum atomic E-state index is 0.468. The molecule has 0 radical (unpaired) electrons. The van der Waals surface area contributed by atoms with Gasteiger partial charge in [-0.15, -0.1) is 0 Å². The molecular weight excluding hydrogens is 811 g/mol. The molecule has 0 N–H and O–H groups in total. The Balaban J connectivity index is 0.965. The van der Waals surface area contributed by atoms with Gasteiger partial charge in [0.25, 0.3) is 0 Å². The van der Waals surface area contributed by atoms with Gasteiger partial charge in [-0.2, -0.15) is 15.2 Å². The second-order valence-electron chi connectivity index (χ2n) is 16.7. The van der Waals surface area contributed by atoms with E-state index >= 15 is 0 Å². The SMILES string of the molecule is N#Cc1cc(-c2nc(-c3ccccc3)nc(-n3c4ccccc4c4ccccc43)n2)ccc1-n1c2ccccc2c2c3oc4cc5c6ccccc6n(-c6ccccc6)c5cc4c3ccc21. The van der Waals surface area contributed by atoms with Gasteiger partial charge < -0.3 is 13.6 Å². The maximum atomic E-state index is 11.0. The summed E-state index contributed by atoms with van der Waals surface area (Å²) in [6.07, 6.45) is 0. The van der Waals surface area contributed by atoms with Gasteiger partial charge in [-0.3, -0.25) is 4.57 Å². The van der Waals surface area contributed by atoms with Gasteiger partial charge in [0.15, 0.2) is 11.6 Å². The van der Waals surface area contributed by atoms with Crippen molar-refractivity contribution in [3.8, 4) is 46.2 Å². The lowest BCUT2D eigenvalue weighted by Gasteiger charge is -2.13. The zero-order chi connectivity index (χ0) is 43.5. The van der Waals surface area contributed by atoms with Crippen LogP contribution in [0, 0.1) is 11.3 Å². The molecule has 66 heavy (non-hydrogen) atoms. The van der Waals surface area contributed by atoms with Crippen molar-refractivity contribution in [3.63, 3.8) is 0 Å². The van der Waals surface area contributed by atoms with Crippen LogP contribution in [-0.2, 0) is 0 Å². The number of hydrogen-bond acceptors (Lipinski definition) is 5. The van der Waals surface area contributed by atoms with Gasteiger partial charge in [-0.1, -0.05) is 121 Å². The first-order valence-corrected chi connectivity index (χ1v) is 21.9. The predicted molar refractivity (Wildman–Crippen MR) is 266 cm³/mol. The van der Waals surface area contributed by atoms with Crippen molar-refractivity contribution in [2.45, 2.75) is 0 Å². The van der Waals surface area contributed by atoms with Gasteiger partial charge >= 0.3 is 0 Å². The summed E-state index contributed by atoms with van der Waals surface area (Å²) in [5.41, 5.74) is 11.7. The predicted octanol–water partition coefficient (Wildman–Crippen LogP) is 14.3. The maximum Gasteiger partial charge on any atom is 0.238 e. The van der Waals surface area contributed by atoms with E-state index in [2.05, 4.69) is 153 Å². The van der Waals surface area contributed by atoms with Gasteiger partial charge in [0.2, 0.25) is 5.95 Å². The third kappa shape index (κ3) is 5.16. The van der Waals surface area contributed by atoms with Crippen molar-refractivity contribution in [3.05, 3.63) is 206 Å². The summed E-state index contributed by atoms with van der Waals surface area (Å²) >= 11 is 0. The Hall–Kier alpha value is -9.32. The molecule has 0 fully saturated rings. The van der Waals surface area contributed by atoms with E-state index in [0.29, 0.717) is 28.7 Å². The molecule has 8 nitrogen and oxygen atoms in total. The lowest BCUT2D eigenvalue weighted by atomic mass is 10.1. The molecule has 0 aliphatic carbocycles. The van der Waals surface area contributed by atoms with E-state index < -0.39 is 0 Å². The first-order chi connectivity index (χ1) is 32.7. The molecule has 14 aromatic rings. The van der Waals surface area contributed by atoms with Crippen molar-refractivity contribution >= 4 is 87.4 Å². The second-order valence-corrected chi connectivity index (χ2v) is 16.7. The van der Waals surface area contributed by atoms with Gasteiger partial charge in [0.1, 0.15) is 17.2 Å². The number of aromatic nitrogens is 6. The number of benzene rings is 9. The Kier molecular flexibility index (Phi) is 7.59. The number of hydrogen-bond donors (Lipinski definition) is 0. The summed E-state index contributed by atoms with van der Waals surface area (Å²) in [4.78, 5) is 15.3. The zero-order valence-electron chi connectivity index (χ0n) is 35.1. The lowest BCUT2D eigenvalue weighted by molar-refractivity contribution is 0.673. The fourth-order valence-corrected chi connectivity index (χ4v) is 10.3.